The van der Waals surface area contributed by atoms with Crippen molar-refractivity contribution < 1.29 is 0 Å². The normalized spacial score (nSPS) is 18.5. The van der Waals surface area contributed by atoms with Crippen LogP contribution in [0.1, 0.15) is 28.7 Å². The number of fused-ring (bicyclic) bond motifs is 6. The Bertz CT molecular complexity index is 1660. The molecular weight excluding hydrogens is 424 g/mol. The molecule has 168 valence electrons. The van der Waals surface area contributed by atoms with Gasteiger partial charge in [-0.3, -0.25) is 0 Å². The molecule has 0 spiro atoms. The summed E-state index contributed by atoms with van der Waals surface area (Å²) in [6.45, 7) is 0. The van der Waals surface area contributed by atoms with Gasteiger partial charge in [-0.05, 0) is 40.3 Å². The topological polar surface area (TPSA) is 30.9 Å². The van der Waals surface area contributed by atoms with E-state index in [0.717, 1.165) is 17.7 Å². The maximum atomic E-state index is 6.61. The molecule has 2 atom stereocenters. The zero-order valence-electron chi connectivity index (χ0n) is 19.4. The molecule has 4 aromatic carbocycles. The fraction of sp³-hybridized carbons (Fsp3) is 0.0909. The standard InChI is InChI=1S/C33H26N2/c34-30(20-15-22-13-16-24(17-14-22)23-7-2-1-3-8-23)25-18-19-27-29-11-6-10-28-26-9-4-5-12-31(26)35(33(28)29)32(27)21-25/h1-14,16-21,26,31H,15,34H2/b30-20-. The zero-order chi connectivity index (χ0) is 23.4. The van der Waals surface area contributed by atoms with Crippen LogP contribution < -0.4 is 5.73 Å². The lowest BCUT2D eigenvalue weighted by Crippen LogP contribution is -2.09. The van der Waals surface area contributed by atoms with E-state index in [1.54, 1.807) is 0 Å². The Morgan fingerprint density at radius 2 is 1.57 bits per heavy atom. The minimum absolute atomic E-state index is 0.334. The predicted octanol–water partition coefficient (Wildman–Crippen LogP) is 7.77. The Labute approximate surface area is 205 Å². The molecule has 2 heteroatoms. The summed E-state index contributed by atoms with van der Waals surface area (Å²) in [6, 6.07) is 33.0. The number of rotatable bonds is 4. The van der Waals surface area contributed by atoms with Crippen LogP contribution in [0.3, 0.4) is 0 Å². The van der Waals surface area contributed by atoms with Crippen LogP contribution in [-0.4, -0.2) is 4.57 Å². The van der Waals surface area contributed by atoms with Crippen molar-refractivity contribution in [1.82, 2.24) is 4.57 Å². The number of nitrogens with zero attached hydrogens (tertiary/aromatic N) is 1. The zero-order valence-corrected chi connectivity index (χ0v) is 19.4. The van der Waals surface area contributed by atoms with E-state index < -0.39 is 0 Å². The number of para-hydroxylation sites is 1. The van der Waals surface area contributed by atoms with Gasteiger partial charge in [0.05, 0.1) is 17.1 Å². The van der Waals surface area contributed by atoms with Gasteiger partial charge >= 0.3 is 0 Å². The van der Waals surface area contributed by atoms with E-state index in [4.69, 9.17) is 5.73 Å². The second-order valence-corrected chi connectivity index (χ2v) is 9.56. The molecule has 1 aliphatic carbocycles. The summed E-state index contributed by atoms with van der Waals surface area (Å²) in [7, 11) is 0. The third-order valence-electron chi connectivity index (χ3n) is 7.57. The first-order valence-electron chi connectivity index (χ1n) is 12.3. The lowest BCUT2D eigenvalue weighted by atomic mass is 9.90. The van der Waals surface area contributed by atoms with Gasteiger partial charge in [0, 0.05) is 22.4 Å². The van der Waals surface area contributed by atoms with Gasteiger partial charge in [0.25, 0.3) is 0 Å². The number of nitrogens with two attached hydrogens (primary N) is 1. The van der Waals surface area contributed by atoms with E-state index >= 15 is 0 Å². The summed E-state index contributed by atoms with van der Waals surface area (Å²) in [5.74, 6) is 0.415. The molecule has 1 aliphatic heterocycles. The maximum absolute atomic E-state index is 6.61. The highest BCUT2D eigenvalue weighted by Crippen LogP contribution is 2.49. The molecule has 2 unspecified atom stereocenters. The molecule has 35 heavy (non-hydrogen) atoms. The van der Waals surface area contributed by atoms with Crippen molar-refractivity contribution in [2.24, 2.45) is 5.73 Å². The smallest absolute Gasteiger partial charge is 0.0630 e. The van der Waals surface area contributed by atoms with Gasteiger partial charge in [0.15, 0.2) is 0 Å². The molecule has 2 aliphatic rings. The van der Waals surface area contributed by atoms with E-state index in [1.165, 1.54) is 44.1 Å². The highest BCUT2D eigenvalue weighted by atomic mass is 15.0. The van der Waals surface area contributed by atoms with E-state index in [0.29, 0.717) is 12.0 Å². The molecular formula is C33H26N2. The number of hydrogen-bond acceptors (Lipinski definition) is 1. The van der Waals surface area contributed by atoms with E-state index in [9.17, 15) is 0 Å². The highest BCUT2D eigenvalue weighted by Gasteiger charge is 2.33. The first-order chi connectivity index (χ1) is 17.3. The van der Waals surface area contributed by atoms with Crippen molar-refractivity contribution in [1.29, 1.82) is 0 Å². The molecule has 2 heterocycles. The second-order valence-electron chi connectivity index (χ2n) is 9.56. The Morgan fingerprint density at radius 1 is 0.771 bits per heavy atom. The largest absolute Gasteiger partial charge is 0.398 e. The Morgan fingerprint density at radius 3 is 2.43 bits per heavy atom. The highest BCUT2D eigenvalue weighted by molar-refractivity contribution is 6.11. The monoisotopic (exact) mass is 450 g/mol. The van der Waals surface area contributed by atoms with Crippen molar-refractivity contribution in [3.8, 4) is 11.1 Å². The number of aromatic nitrogens is 1. The molecule has 0 bridgehead atoms. The van der Waals surface area contributed by atoms with Crippen LogP contribution in [0.5, 0.6) is 0 Å². The van der Waals surface area contributed by atoms with E-state index in [2.05, 4.69) is 120 Å². The summed E-state index contributed by atoms with van der Waals surface area (Å²) >= 11 is 0. The molecule has 0 radical (unpaired) electrons. The fourth-order valence-corrected chi connectivity index (χ4v) is 5.82. The molecule has 2 N–H and O–H groups in total. The third kappa shape index (κ3) is 3.18. The second kappa shape index (κ2) is 7.89. The molecule has 2 nitrogen and oxygen atoms in total. The Balaban J connectivity index is 1.22. The van der Waals surface area contributed by atoms with Crippen LogP contribution in [0.15, 0.2) is 121 Å². The number of hydrogen-bond donors (Lipinski definition) is 1. The van der Waals surface area contributed by atoms with Gasteiger partial charge in [-0.1, -0.05) is 115 Å². The minimum Gasteiger partial charge on any atom is -0.398 e. The lowest BCUT2D eigenvalue weighted by molar-refractivity contribution is 0.615. The van der Waals surface area contributed by atoms with Crippen LogP contribution in [-0.2, 0) is 6.42 Å². The van der Waals surface area contributed by atoms with Crippen molar-refractivity contribution in [3.05, 3.63) is 138 Å². The predicted molar refractivity (Wildman–Crippen MR) is 147 cm³/mol. The molecule has 0 fully saturated rings. The van der Waals surface area contributed by atoms with Crippen LogP contribution in [0.2, 0.25) is 0 Å². The summed E-state index contributed by atoms with van der Waals surface area (Å²) in [5.41, 5.74) is 16.3. The molecule has 1 aromatic heterocycles. The molecule has 5 aromatic rings. The summed E-state index contributed by atoms with van der Waals surface area (Å²) in [4.78, 5) is 0. The molecule has 0 saturated carbocycles. The summed E-state index contributed by atoms with van der Waals surface area (Å²) in [6.07, 6.45) is 12.0. The summed E-state index contributed by atoms with van der Waals surface area (Å²) in [5, 5.41) is 2.64. The lowest BCUT2D eigenvalue weighted by Gasteiger charge is -2.20. The Kier molecular flexibility index (Phi) is 4.53. The first-order valence-corrected chi connectivity index (χ1v) is 12.3. The third-order valence-corrected chi connectivity index (χ3v) is 7.57. The van der Waals surface area contributed by atoms with Gasteiger partial charge in [-0.25, -0.2) is 0 Å². The van der Waals surface area contributed by atoms with Crippen LogP contribution >= 0.6 is 0 Å². The van der Waals surface area contributed by atoms with Crippen molar-refractivity contribution in [2.45, 2.75) is 18.4 Å². The molecule has 0 amide bonds. The number of benzene rings is 4. The maximum Gasteiger partial charge on any atom is 0.0630 e. The van der Waals surface area contributed by atoms with E-state index in [-0.39, 0.29) is 0 Å². The van der Waals surface area contributed by atoms with Gasteiger partial charge in [-0.15, -0.1) is 0 Å². The van der Waals surface area contributed by atoms with Crippen molar-refractivity contribution >= 4 is 27.5 Å². The average molecular weight is 451 g/mol. The SMILES string of the molecule is N/C(=C\Cc1ccc(-c2ccccc2)cc1)c1ccc2c3cccc4c3n(c2c1)C1C=CC=CC41. The number of allylic oxidation sites excluding steroid dienone is 5. The van der Waals surface area contributed by atoms with Gasteiger partial charge in [0.2, 0.25) is 0 Å². The quantitative estimate of drug-likeness (QED) is 0.298. The van der Waals surface area contributed by atoms with Crippen molar-refractivity contribution in [2.75, 3.05) is 0 Å². The van der Waals surface area contributed by atoms with Crippen LogP contribution in [0, 0.1) is 0 Å². The van der Waals surface area contributed by atoms with Gasteiger partial charge in [-0.2, -0.15) is 0 Å². The average Bonchev–Trinajstić information content (AvgIpc) is 3.44. The fourth-order valence-electron chi connectivity index (χ4n) is 5.82. The van der Waals surface area contributed by atoms with Crippen LogP contribution in [0.4, 0.5) is 0 Å². The minimum atomic E-state index is 0.334. The summed E-state index contributed by atoms with van der Waals surface area (Å²) < 4.78 is 2.52. The molecule has 7 rings (SSSR count). The van der Waals surface area contributed by atoms with Gasteiger partial charge in [0.1, 0.15) is 0 Å². The van der Waals surface area contributed by atoms with Crippen LogP contribution in [0.25, 0.3) is 38.6 Å². The molecule has 0 saturated heterocycles. The van der Waals surface area contributed by atoms with E-state index in [1.807, 2.05) is 6.07 Å². The first kappa shape index (κ1) is 20.1. The van der Waals surface area contributed by atoms with Crippen molar-refractivity contribution in [3.63, 3.8) is 0 Å². The Hall–Kier alpha value is -4.30. The van der Waals surface area contributed by atoms with Gasteiger partial charge < -0.3 is 10.3 Å².